The van der Waals surface area contributed by atoms with E-state index < -0.39 is 0 Å². The highest BCUT2D eigenvalue weighted by atomic mass is 16.3. The summed E-state index contributed by atoms with van der Waals surface area (Å²) in [6, 6.07) is 6.46. The predicted octanol–water partition coefficient (Wildman–Crippen LogP) is 3.54. The molecule has 0 aliphatic carbocycles. The molecule has 1 heterocycles. The van der Waals surface area contributed by atoms with Gasteiger partial charge < -0.3 is 10.0 Å². The highest BCUT2D eigenvalue weighted by Crippen LogP contribution is 2.22. The molecule has 1 unspecified atom stereocenters. The molecular formula is C17H25NO. The van der Waals surface area contributed by atoms with Crippen molar-refractivity contribution < 1.29 is 5.11 Å². The lowest BCUT2D eigenvalue weighted by molar-refractivity contribution is 0.207. The van der Waals surface area contributed by atoms with Crippen LogP contribution in [0.25, 0.3) is 0 Å². The van der Waals surface area contributed by atoms with Crippen molar-refractivity contribution in [2.24, 2.45) is 0 Å². The molecule has 19 heavy (non-hydrogen) atoms. The summed E-state index contributed by atoms with van der Waals surface area (Å²) >= 11 is 0. The van der Waals surface area contributed by atoms with Crippen LogP contribution in [0.1, 0.15) is 37.3 Å². The topological polar surface area (TPSA) is 23.5 Å². The summed E-state index contributed by atoms with van der Waals surface area (Å²) in [6.45, 7) is 8.35. The minimum Gasteiger partial charge on any atom is -0.508 e. The van der Waals surface area contributed by atoms with Gasteiger partial charge in [-0.15, -0.1) is 6.58 Å². The Bertz CT molecular complexity index is 427. The van der Waals surface area contributed by atoms with E-state index >= 15 is 0 Å². The van der Waals surface area contributed by atoms with E-state index in [0.29, 0.717) is 11.8 Å². The van der Waals surface area contributed by atoms with Crippen molar-refractivity contribution in [3.05, 3.63) is 42.0 Å². The smallest absolute Gasteiger partial charge is 0.115 e. The van der Waals surface area contributed by atoms with Crippen molar-refractivity contribution in [2.45, 2.75) is 45.1 Å². The third kappa shape index (κ3) is 3.84. The minimum atomic E-state index is 0.395. The van der Waals surface area contributed by atoms with E-state index in [-0.39, 0.29) is 0 Å². The van der Waals surface area contributed by atoms with E-state index in [2.05, 4.69) is 24.5 Å². The van der Waals surface area contributed by atoms with E-state index in [1.54, 1.807) is 0 Å². The quantitative estimate of drug-likeness (QED) is 0.646. The number of nitrogens with zero attached hydrogens (tertiary/aromatic N) is 1. The van der Waals surface area contributed by atoms with Crippen LogP contribution in [0.4, 0.5) is 0 Å². The number of hydrogen-bond acceptors (Lipinski definition) is 2. The number of phenolic OH excluding ortho intramolecular Hbond substituents is 1. The molecular weight excluding hydrogens is 234 g/mol. The Morgan fingerprint density at radius 2 is 2.05 bits per heavy atom. The van der Waals surface area contributed by atoms with Gasteiger partial charge in [0.1, 0.15) is 5.75 Å². The van der Waals surface area contributed by atoms with Gasteiger partial charge in [-0.2, -0.15) is 0 Å². The number of rotatable bonds is 5. The second kappa shape index (κ2) is 6.76. The first-order valence-electron chi connectivity index (χ1n) is 7.36. The van der Waals surface area contributed by atoms with Crippen molar-refractivity contribution in [3.63, 3.8) is 0 Å². The molecule has 2 heteroatoms. The van der Waals surface area contributed by atoms with Crippen LogP contribution in [0.15, 0.2) is 30.9 Å². The Hall–Kier alpha value is -1.28. The number of benzene rings is 1. The van der Waals surface area contributed by atoms with E-state index in [1.165, 1.54) is 24.0 Å². The molecule has 1 N–H and O–H groups in total. The standard InChI is InChI=1S/C17H25NO/c1-3-4-5-6-14(2)18-11-9-15-7-8-17(19)13-16(15)10-12-18/h3,7-8,13-14,19H,1,4-6,9-12H2,2H3. The summed E-state index contributed by atoms with van der Waals surface area (Å²) in [5, 5.41) is 9.58. The lowest BCUT2D eigenvalue weighted by Crippen LogP contribution is -2.35. The third-order valence-corrected chi connectivity index (χ3v) is 4.18. The van der Waals surface area contributed by atoms with E-state index in [1.807, 2.05) is 18.2 Å². The zero-order valence-electron chi connectivity index (χ0n) is 11.9. The maximum atomic E-state index is 9.58. The first-order chi connectivity index (χ1) is 9.20. The molecule has 0 saturated carbocycles. The average molecular weight is 259 g/mol. The minimum absolute atomic E-state index is 0.395. The van der Waals surface area contributed by atoms with Gasteiger partial charge in [0.25, 0.3) is 0 Å². The van der Waals surface area contributed by atoms with Crippen LogP contribution in [0.3, 0.4) is 0 Å². The number of hydrogen-bond donors (Lipinski definition) is 1. The SMILES string of the molecule is C=CCCCC(C)N1CCc2ccc(O)cc2CC1. The van der Waals surface area contributed by atoms with Gasteiger partial charge in [-0.1, -0.05) is 12.1 Å². The Labute approximate surface area is 116 Å². The third-order valence-electron chi connectivity index (χ3n) is 4.18. The van der Waals surface area contributed by atoms with E-state index in [9.17, 15) is 5.11 Å². The lowest BCUT2D eigenvalue weighted by Gasteiger charge is -2.27. The molecule has 0 amide bonds. The predicted molar refractivity (Wildman–Crippen MR) is 80.6 cm³/mol. The molecule has 2 rings (SSSR count). The Morgan fingerprint density at radius 1 is 1.32 bits per heavy atom. The van der Waals surface area contributed by atoms with Gasteiger partial charge in [0.05, 0.1) is 0 Å². The van der Waals surface area contributed by atoms with Crippen molar-refractivity contribution >= 4 is 0 Å². The molecule has 0 fully saturated rings. The summed E-state index contributed by atoms with van der Waals surface area (Å²) in [5.41, 5.74) is 2.72. The van der Waals surface area contributed by atoms with Crippen LogP contribution >= 0.6 is 0 Å². The first kappa shape index (κ1) is 14.1. The summed E-state index contributed by atoms with van der Waals surface area (Å²) in [7, 11) is 0. The molecule has 0 aromatic heterocycles. The highest BCUT2D eigenvalue weighted by Gasteiger charge is 2.18. The van der Waals surface area contributed by atoms with Crippen molar-refractivity contribution in [1.82, 2.24) is 4.90 Å². The second-order valence-corrected chi connectivity index (χ2v) is 5.56. The van der Waals surface area contributed by atoms with Gasteiger partial charge in [-0.05, 0) is 62.3 Å². The maximum absolute atomic E-state index is 9.58. The zero-order chi connectivity index (χ0) is 13.7. The van der Waals surface area contributed by atoms with Gasteiger partial charge in [0.15, 0.2) is 0 Å². The number of fused-ring (bicyclic) bond motifs is 1. The molecule has 104 valence electrons. The van der Waals surface area contributed by atoms with Crippen LogP contribution in [0.2, 0.25) is 0 Å². The normalized spacial score (nSPS) is 17.5. The van der Waals surface area contributed by atoms with Crippen molar-refractivity contribution in [2.75, 3.05) is 13.1 Å². The van der Waals surface area contributed by atoms with Crippen LogP contribution in [-0.4, -0.2) is 29.1 Å². The van der Waals surface area contributed by atoms with Crippen molar-refractivity contribution in [1.29, 1.82) is 0 Å². The van der Waals surface area contributed by atoms with Crippen molar-refractivity contribution in [3.8, 4) is 5.75 Å². The summed E-state index contributed by atoms with van der Waals surface area (Å²) in [4.78, 5) is 2.58. The molecule has 1 aromatic rings. The number of allylic oxidation sites excluding steroid dienone is 1. The van der Waals surface area contributed by atoms with Gasteiger partial charge in [-0.3, -0.25) is 0 Å². The Morgan fingerprint density at radius 3 is 2.79 bits per heavy atom. The fourth-order valence-corrected chi connectivity index (χ4v) is 2.91. The molecule has 0 radical (unpaired) electrons. The molecule has 1 aliphatic rings. The van der Waals surface area contributed by atoms with Crippen LogP contribution < -0.4 is 0 Å². The molecule has 0 saturated heterocycles. The monoisotopic (exact) mass is 259 g/mol. The van der Waals surface area contributed by atoms with Gasteiger partial charge in [0, 0.05) is 19.1 Å². The Kier molecular flexibility index (Phi) is 5.03. The number of aromatic hydroxyl groups is 1. The fraction of sp³-hybridized carbons (Fsp3) is 0.529. The first-order valence-corrected chi connectivity index (χ1v) is 7.36. The molecule has 1 aromatic carbocycles. The summed E-state index contributed by atoms with van der Waals surface area (Å²) in [6.07, 6.45) is 7.75. The van der Waals surface area contributed by atoms with Gasteiger partial charge in [-0.25, -0.2) is 0 Å². The van der Waals surface area contributed by atoms with Crippen LogP contribution in [0, 0.1) is 0 Å². The largest absolute Gasteiger partial charge is 0.508 e. The molecule has 2 nitrogen and oxygen atoms in total. The molecule has 1 atom stereocenters. The van der Waals surface area contributed by atoms with Gasteiger partial charge >= 0.3 is 0 Å². The summed E-state index contributed by atoms with van der Waals surface area (Å²) in [5.74, 6) is 0.395. The summed E-state index contributed by atoms with van der Waals surface area (Å²) < 4.78 is 0. The highest BCUT2D eigenvalue weighted by molar-refractivity contribution is 5.36. The fourth-order valence-electron chi connectivity index (χ4n) is 2.91. The number of unbranched alkanes of at least 4 members (excludes halogenated alkanes) is 1. The van der Waals surface area contributed by atoms with E-state index in [0.717, 1.165) is 32.4 Å². The Balaban J connectivity index is 1.93. The average Bonchev–Trinajstić information content (AvgIpc) is 2.61. The molecule has 0 spiro atoms. The second-order valence-electron chi connectivity index (χ2n) is 5.56. The van der Waals surface area contributed by atoms with Crippen LogP contribution in [-0.2, 0) is 12.8 Å². The number of phenols is 1. The lowest BCUT2D eigenvalue weighted by atomic mass is 10.0. The van der Waals surface area contributed by atoms with Gasteiger partial charge in [0.2, 0.25) is 0 Å². The van der Waals surface area contributed by atoms with E-state index in [4.69, 9.17) is 0 Å². The molecule has 1 aliphatic heterocycles. The maximum Gasteiger partial charge on any atom is 0.115 e. The zero-order valence-corrected chi connectivity index (χ0v) is 11.9. The molecule has 0 bridgehead atoms. The van der Waals surface area contributed by atoms with Crippen LogP contribution in [0.5, 0.6) is 5.75 Å².